The molecule has 1 aromatic carbocycles. The van der Waals surface area contributed by atoms with Gasteiger partial charge in [-0.25, -0.2) is 9.37 Å². The lowest BCUT2D eigenvalue weighted by Gasteiger charge is -2.29. The van der Waals surface area contributed by atoms with Crippen molar-refractivity contribution < 1.29 is 13.9 Å². The van der Waals surface area contributed by atoms with Gasteiger partial charge in [-0.3, -0.25) is 4.79 Å². The number of anilines is 1. The summed E-state index contributed by atoms with van der Waals surface area (Å²) in [6, 6.07) is 10.3. The molecule has 2 aromatic rings. The van der Waals surface area contributed by atoms with Crippen LogP contribution in [0.3, 0.4) is 0 Å². The minimum atomic E-state index is -0.263. The average molecular weight is 396 g/mol. The number of amides is 1. The van der Waals surface area contributed by atoms with Gasteiger partial charge in [0.15, 0.2) is 0 Å². The van der Waals surface area contributed by atoms with Crippen molar-refractivity contribution in [2.45, 2.75) is 6.04 Å². The smallest absolute Gasteiger partial charge is 0.255 e. The van der Waals surface area contributed by atoms with E-state index < -0.39 is 0 Å². The molecule has 29 heavy (non-hydrogen) atoms. The summed E-state index contributed by atoms with van der Waals surface area (Å²) in [5.41, 5.74) is 1.45. The van der Waals surface area contributed by atoms with Gasteiger partial charge in [-0.2, -0.15) is 0 Å². The largest absolute Gasteiger partial charge is 0.378 e. The first-order valence-corrected chi connectivity index (χ1v) is 10.3. The molecular formula is C22H25FN4O2. The molecule has 0 radical (unpaired) electrons. The Labute approximate surface area is 169 Å². The third-order valence-corrected chi connectivity index (χ3v) is 6.35. The summed E-state index contributed by atoms with van der Waals surface area (Å²) in [5.74, 6) is 1.28. The minimum absolute atomic E-state index is 0.0327. The zero-order valence-electron chi connectivity index (χ0n) is 16.3. The summed E-state index contributed by atoms with van der Waals surface area (Å²) in [6.45, 7) is 5.45. The Kier molecular flexibility index (Phi) is 4.93. The van der Waals surface area contributed by atoms with Gasteiger partial charge in [-0.1, -0.05) is 12.1 Å². The number of aromatic nitrogens is 1. The van der Waals surface area contributed by atoms with E-state index >= 15 is 0 Å². The average Bonchev–Trinajstić information content (AvgIpc) is 3.35. The number of pyridine rings is 1. The van der Waals surface area contributed by atoms with Crippen LogP contribution in [0.15, 0.2) is 42.6 Å². The van der Waals surface area contributed by atoms with Gasteiger partial charge in [-0.15, -0.1) is 0 Å². The summed E-state index contributed by atoms with van der Waals surface area (Å²) in [4.78, 5) is 22.0. The molecule has 5 rings (SSSR count). The number of likely N-dealkylation sites (tertiary alicyclic amines) is 1. The van der Waals surface area contributed by atoms with E-state index in [-0.39, 0.29) is 17.8 Å². The van der Waals surface area contributed by atoms with Gasteiger partial charge < -0.3 is 19.9 Å². The fraction of sp³-hybridized carbons (Fsp3) is 0.455. The molecule has 0 bridgehead atoms. The molecule has 6 nitrogen and oxygen atoms in total. The molecule has 3 aliphatic heterocycles. The number of nitrogens with one attached hydrogen (secondary N) is 1. The number of hydrogen-bond donors (Lipinski definition) is 1. The zero-order chi connectivity index (χ0) is 19.8. The molecule has 4 heterocycles. The van der Waals surface area contributed by atoms with Crippen molar-refractivity contribution in [2.24, 2.45) is 11.8 Å². The van der Waals surface area contributed by atoms with Gasteiger partial charge in [0.05, 0.1) is 24.8 Å². The molecule has 1 aromatic heterocycles. The molecule has 0 spiro atoms. The Morgan fingerprint density at radius 3 is 2.79 bits per heavy atom. The van der Waals surface area contributed by atoms with Crippen LogP contribution in [0, 0.1) is 17.7 Å². The molecule has 0 unspecified atom stereocenters. The quantitative estimate of drug-likeness (QED) is 0.861. The van der Waals surface area contributed by atoms with Crippen molar-refractivity contribution in [2.75, 3.05) is 50.8 Å². The summed E-state index contributed by atoms with van der Waals surface area (Å²) in [5, 5.41) is 3.42. The highest BCUT2D eigenvalue weighted by molar-refractivity contribution is 5.94. The van der Waals surface area contributed by atoms with Crippen molar-refractivity contribution in [3.63, 3.8) is 0 Å². The second-order valence-corrected chi connectivity index (χ2v) is 8.04. The molecule has 7 heteroatoms. The summed E-state index contributed by atoms with van der Waals surface area (Å²) >= 11 is 0. The first-order chi connectivity index (χ1) is 14.2. The lowest BCUT2D eigenvalue weighted by Crippen LogP contribution is -2.37. The number of hydrogen-bond acceptors (Lipinski definition) is 5. The maximum Gasteiger partial charge on any atom is 0.255 e. The highest BCUT2D eigenvalue weighted by Gasteiger charge is 2.47. The molecular weight excluding hydrogens is 371 g/mol. The normalized spacial score (nSPS) is 26.6. The third kappa shape index (κ3) is 3.49. The molecule has 0 aliphatic carbocycles. The van der Waals surface area contributed by atoms with E-state index in [4.69, 9.17) is 4.74 Å². The number of carbonyl (C=O) groups excluding carboxylic acids is 1. The number of benzene rings is 1. The van der Waals surface area contributed by atoms with Crippen LogP contribution in [0.5, 0.6) is 0 Å². The van der Waals surface area contributed by atoms with Crippen molar-refractivity contribution in [1.82, 2.24) is 15.2 Å². The number of fused-ring (bicyclic) bond motifs is 1. The van der Waals surface area contributed by atoms with Crippen molar-refractivity contribution in [1.29, 1.82) is 0 Å². The second kappa shape index (κ2) is 7.72. The number of nitrogens with zero attached hydrogens (tertiary/aromatic N) is 3. The molecule has 3 aliphatic rings. The Bertz CT molecular complexity index is 885. The summed E-state index contributed by atoms with van der Waals surface area (Å²) < 4.78 is 19.3. The van der Waals surface area contributed by atoms with E-state index in [0.29, 0.717) is 37.2 Å². The molecule has 1 amide bonds. The summed E-state index contributed by atoms with van der Waals surface area (Å²) in [6.07, 6.45) is 1.67. The van der Waals surface area contributed by atoms with Gasteiger partial charge >= 0.3 is 0 Å². The van der Waals surface area contributed by atoms with E-state index in [2.05, 4.69) is 15.2 Å². The van der Waals surface area contributed by atoms with Crippen LogP contribution in [0.4, 0.5) is 10.2 Å². The Morgan fingerprint density at radius 2 is 2.03 bits per heavy atom. The molecule has 3 fully saturated rings. The maximum absolute atomic E-state index is 13.9. The van der Waals surface area contributed by atoms with Crippen LogP contribution in [0.25, 0.3) is 0 Å². The molecule has 152 valence electrons. The van der Waals surface area contributed by atoms with E-state index in [0.717, 1.165) is 37.6 Å². The van der Waals surface area contributed by atoms with E-state index in [1.54, 1.807) is 18.3 Å². The van der Waals surface area contributed by atoms with E-state index in [1.165, 1.54) is 6.07 Å². The minimum Gasteiger partial charge on any atom is -0.378 e. The zero-order valence-corrected chi connectivity index (χ0v) is 16.3. The van der Waals surface area contributed by atoms with Crippen LogP contribution in [0.1, 0.15) is 22.0 Å². The van der Waals surface area contributed by atoms with Crippen LogP contribution in [-0.2, 0) is 4.74 Å². The lowest BCUT2D eigenvalue weighted by molar-refractivity contribution is 0.0713. The molecule has 0 saturated carbocycles. The number of carbonyl (C=O) groups is 1. The molecule has 3 saturated heterocycles. The predicted octanol–water partition coefficient (Wildman–Crippen LogP) is 2.09. The second-order valence-electron chi connectivity index (χ2n) is 8.04. The van der Waals surface area contributed by atoms with Gasteiger partial charge in [-0.05, 0) is 35.7 Å². The fourth-order valence-corrected chi connectivity index (χ4v) is 4.90. The van der Waals surface area contributed by atoms with Gasteiger partial charge in [0, 0.05) is 44.8 Å². The Balaban J connectivity index is 1.40. The van der Waals surface area contributed by atoms with Crippen LogP contribution in [-0.4, -0.2) is 61.7 Å². The molecule has 3 atom stereocenters. The van der Waals surface area contributed by atoms with E-state index in [1.807, 2.05) is 23.1 Å². The van der Waals surface area contributed by atoms with Crippen LogP contribution < -0.4 is 10.2 Å². The standard InChI is InChI=1S/C22H25FN4O2/c23-18-3-1-2-15(10-18)21-19-13-24-11-17(19)14-27(21)22(28)16-4-5-20(25-12-16)26-6-8-29-9-7-26/h1-5,10,12,17,19,21,24H,6-9,11,13-14H2/t17-,19-,21+/m0/s1. The first-order valence-electron chi connectivity index (χ1n) is 10.3. The number of morpholine rings is 1. The van der Waals surface area contributed by atoms with Crippen LogP contribution >= 0.6 is 0 Å². The highest BCUT2D eigenvalue weighted by Crippen LogP contribution is 2.43. The Morgan fingerprint density at radius 1 is 1.17 bits per heavy atom. The maximum atomic E-state index is 13.9. The fourth-order valence-electron chi connectivity index (χ4n) is 4.90. The topological polar surface area (TPSA) is 57.7 Å². The Hall–Kier alpha value is -2.51. The molecule has 1 N–H and O–H groups in total. The first kappa shape index (κ1) is 18.5. The third-order valence-electron chi connectivity index (χ3n) is 6.35. The number of rotatable bonds is 3. The summed E-state index contributed by atoms with van der Waals surface area (Å²) in [7, 11) is 0. The van der Waals surface area contributed by atoms with Gasteiger partial charge in [0.25, 0.3) is 5.91 Å². The van der Waals surface area contributed by atoms with Crippen LogP contribution in [0.2, 0.25) is 0 Å². The van der Waals surface area contributed by atoms with Gasteiger partial charge in [0.2, 0.25) is 0 Å². The predicted molar refractivity (Wildman–Crippen MR) is 107 cm³/mol. The van der Waals surface area contributed by atoms with Crippen molar-refractivity contribution in [3.8, 4) is 0 Å². The number of ether oxygens (including phenoxy) is 1. The number of halogens is 1. The lowest BCUT2D eigenvalue weighted by atomic mass is 9.89. The SMILES string of the molecule is O=C(c1ccc(N2CCOCC2)nc1)N1C[C@@H]2CNC[C@@H]2[C@H]1c1cccc(F)c1. The highest BCUT2D eigenvalue weighted by atomic mass is 19.1. The van der Waals surface area contributed by atoms with E-state index in [9.17, 15) is 9.18 Å². The van der Waals surface area contributed by atoms with Gasteiger partial charge in [0.1, 0.15) is 11.6 Å². The van der Waals surface area contributed by atoms with Crippen molar-refractivity contribution in [3.05, 3.63) is 59.5 Å². The van der Waals surface area contributed by atoms with Crippen molar-refractivity contribution >= 4 is 11.7 Å². The monoisotopic (exact) mass is 396 g/mol.